The second kappa shape index (κ2) is 8.84. The maximum Gasteiger partial charge on any atom is 0.290 e. The number of carbonyl (C=O) groups is 2. The summed E-state index contributed by atoms with van der Waals surface area (Å²) >= 11 is 6.18. The predicted molar refractivity (Wildman–Crippen MR) is 129 cm³/mol. The van der Waals surface area contributed by atoms with Crippen molar-refractivity contribution in [2.24, 2.45) is 0 Å². The first kappa shape index (κ1) is 22.5. The lowest BCUT2D eigenvalue weighted by Gasteiger charge is -2.36. The van der Waals surface area contributed by atoms with E-state index in [0.29, 0.717) is 21.7 Å². The summed E-state index contributed by atoms with van der Waals surface area (Å²) in [5.41, 5.74) is 2.24. The molecular weight excluding hydrogens is 454 g/mol. The maximum atomic E-state index is 13.8. The summed E-state index contributed by atoms with van der Waals surface area (Å²) in [4.78, 5) is 28.8. The summed E-state index contributed by atoms with van der Waals surface area (Å²) in [5.74, 6) is -1.11. The third-order valence-corrected chi connectivity index (χ3v) is 7.02. The summed E-state index contributed by atoms with van der Waals surface area (Å²) in [7, 11) is 1.49. The van der Waals surface area contributed by atoms with Crippen molar-refractivity contribution in [3.63, 3.8) is 0 Å². The molecule has 2 aromatic carbocycles. The molecule has 176 valence electrons. The summed E-state index contributed by atoms with van der Waals surface area (Å²) in [6.45, 7) is 1.96. The lowest BCUT2D eigenvalue weighted by atomic mass is 9.89. The zero-order valence-electron chi connectivity index (χ0n) is 19.1. The fourth-order valence-corrected chi connectivity index (χ4v) is 5.46. The van der Waals surface area contributed by atoms with Crippen molar-refractivity contribution in [2.45, 2.75) is 51.1 Å². The molecule has 1 N–H and O–H groups in total. The molecule has 2 aliphatic rings. The van der Waals surface area contributed by atoms with Gasteiger partial charge in [-0.15, -0.1) is 0 Å². The number of aryl methyl sites for hydroxylation is 1. The van der Waals surface area contributed by atoms with Crippen LogP contribution in [-0.2, 0) is 4.79 Å². The van der Waals surface area contributed by atoms with E-state index in [0.717, 1.165) is 43.2 Å². The Morgan fingerprint density at radius 1 is 1.15 bits per heavy atom. The van der Waals surface area contributed by atoms with Crippen LogP contribution in [0.2, 0.25) is 5.02 Å². The highest BCUT2D eigenvalue weighted by Gasteiger charge is 2.47. The van der Waals surface area contributed by atoms with Crippen molar-refractivity contribution in [1.29, 1.82) is 0 Å². The van der Waals surface area contributed by atoms with E-state index < -0.39 is 23.5 Å². The normalized spacial score (nSPS) is 19.3. The molecule has 34 heavy (non-hydrogen) atoms. The standard InChI is InChI=1S/C27H26ClNO5/c1-15-7-6-8-16(11-15)23-22(25(31)27(32)29(23)19-9-4-3-5-10-19)24(30)20-13-17-12-18(28)14-21(33-2)26(17)34-20/h6-8,11-14,19,23,31H,3-5,9-10H2,1-2H3. The average Bonchev–Trinajstić information content (AvgIpc) is 3.37. The van der Waals surface area contributed by atoms with Gasteiger partial charge >= 0.3 is 0 Å². The molecule has 2 heterocycles. The fraction of sp³-hybridized carbons (Fsp3) is 0.333. The van der Waals surface area contributed by atoms with Crippen LogP contribution >= 0.6 is 11.6 Å². The number of nitrogens with zero attached hydrogens (tertiary/aromatic N) is 1. The molecule has 1 atom stereocenters. The number of benzene rings is 2. The Morgan fingerprint density at radius 3 is 2.62 bits per heavy atom. The third kappa shape index (κ3) is 3.76. The van der Waals surface area contributed by atoms with Crippen LogP contribution in [0, 0.1) is 6.92 Å². The van der Waals surface area contributed by atoms with Crippen LogP contribution in [0.5, 0.6) is 5.75 Å². The Balaban J connectivity index is 1.62. The van der Waals surface area contributed by atoms with Crippen LogP contribution in [0.25, 0.3) is 11.0 Å². The van der Waals surface area contributed by atoms with Crippen LogP contribution in [0.4, 0.5) is 0 Å². The molecule has 1 aliphatic carbocycles. The minimum absolute atomic E-state index is 0.0214. The van der Waals surface area contributed by atoms with Gasteiger partial charge in [0.2, 0.25) is 5.78 Å². The topological polar surface area (TPSA) is 80.0 Å². The van der Waals surface area contributed by atoms with E-state index in [2.05, 4.69) is 0 Å². The molecule has 3 aromatic rings. The number of rotatable bonds is 5. The number of amides is 1. The van der Waals surface area contributed by atoms with Gasteiger partial charge in [0.1, 0.15) is 0 Å². The Bertz CT molecular complexity index is 1320. The zero-order valence-corrected chi connectivity index (χ0v) is 19.9. The summed E-state index contributed by atoms with van der Waals surface area (Å²) < 4.78 is 11.2. The Hall–Kier alpha value is -3.25. The average molecular weight is 480 g/mol. The van der Waals surface area contributed by atoms with E-state index in [1.165, 1.54) is 7.11 Å². The summed E-state index contributed by atoms with van der Waals surface area (Å²) in [6.07, 6.45) is 4.86. The first-order chi connectivity index (χ1) is 16.4. The number of hydrogen-bond donors (Lipinski definition) is 1. The number of Topliss-reactive ketones (excluding diaryl/α,β-unsaturated/α-hetero) is 1. The largest absolute Gasteiger partial charge is 0.503 e. The van der Waals surface area contributed by atoms with Crippen molar-refractivity contribution in [2.75, 3.05) is 7.11 Å². The minimum Gasteiger partial charge on any atom is -0.503 e. The molecule has 1 aliphatic heterocycles. The Morgan fingerprint density at radius 2 is 1.91 bits per heavy atom. The Kier molecular flexibility index (Phi) is 5.86. The van der Waals surface area contributed by atoms with Gasteiger partial charge in [-0.05, 0) is 37.5 Å². The maximum absolute atomic E-state index is 13.8. The van der Waals surface area contributed by atoms with Gasteiger partial charge in [0, 0.05) is 22.5 Å². The SMILES string of the molecule is COc1cc(Cl)cc2cc(C(=O)C3=C(O)C(=O)N(C4CCCCC4)C3c3cccc(C)c3)oc12. The first-order valence-corrected chi connectivity index (χ1v) is 11.9. The minimum atomic E-state index is -0.679. The van der Waals surface area contributed by atoms with Gasteiger partial charge in [0.05, 0.1) is 18.7 Å². The number of carbonyl (C=O) groups excluding carboxylic acids is 2. The number of ether oxygens (including phenoxy) is 1. The Labute approximate surface area is 202 Å². The van der Waals surface area contributed by atoms with E-state index in [9.17, 15) is 14.7 Å². The molecule has 1 unspecified atom stereocenters. The quantitative estimate of drug-likeness (QED) is 0.433. The van der Waals surface area contributed by atoms with Crippen molar-refractivity contribution >= 4 is 34.3 Å². The van der Waals surface area contributed by atoms with E-state index in [-0.39, 0.29) is 17.4 Å². The molecule has 6 nitrogen and oxygen atoms in total. The van der Waals surface area contributed by atoms with E-state index in [1.54, 1.807) is 23.1 Å². The van der Waals surface area contributed by atoms with Crippen LogP contribution < -0.4 is 4.74 Å². The molecule has 1 aromatic heterocycles. The van der Waals surface area contributed by atoms with Gasteiger partial charge in [0.25, 0.3) is 5.91 Å². The third-order valence-electron chi connectivity index (χ3n) is 6.81. The van der Waals surface area contributed by atoms with Gasteiger partial charge in [-0.2, -0.15) is 0 Å². The summed E-state index contributed by atoms with van der Waals surface area (Å²) in [5, 5.41) is 12.0. The fourth-order valence-electron chi connectivity index (χ4n) is 5.24. The molecule has 1 fully saturated rings. The van der Waals surface area contributed by atoms with Crippen LogP contribution in [-0.4, -0.2) is 34.8 Å². The molecule has 0 bridgehead atoms. The highest BCUT2D eigenvalue weighted by molar-refractivity contribution is 6.31. The van der Waals surface area contributed by atoms with E-state index in [1.807, 2.05) is 31.2 Å². The molecule has 1 saturated carbocycles. The molecule has 5 rings (SSSR count). The van der Waals surface area contributed by atoms with E-state index in [4.69, 9.17) is 20.8 Å². The number of fused-ring (bicyclic) bond motifs is 1. The van der Waals surface area contributed by atoms with Crippen molar-refractivity contribution < 1.29 is 23.8 Å². The highest BCUT2D eigenvalue weighted by atomic mass is 35.5. The molecule has 0 saturated heterocycles. The predicted octanol–water partition coefficient (Wildman–Crippen LogP) is 6.31. The van der Waals surface area contributed by atoms with Crippen LogP contribution in [0.3, 0.4) is 0 Å². The number of halogens is 1. The lowest BCUT2D eigenvalue weighted by molar-refractivity contribution is -0.132. The number of ketones is 1. The van der Waals surface area contributed by atoms with Gasteiger partial charge in [-0.1, -0.05) is 60.7 Å². The smallest absolute Gasteiger partial charge is 0.290 e. The number of aliphatic hydroxyl groups is 1. The molecular formula is C27H26ClNO5. The van der Waals surface area contributed by atoms with Crippen molar-refractivity contribution in [3.8, 4) is 5.75 Å². The van der Waals surface area contributed by atoms with Crippen molar-refractivity contribution in [1.82, 2.24) is 4.90 Å². The molecule has 1 amide bonds. The number of aliphatic hydroxyl groups excluding tert-OH is 1. The molecule has 7 heteroatoms. The van der Waals surface area contributed by atoms with Gasteiger partial charge in [-0.25, -0.2) is 0 Å². The number of hydrogen-bond acceptors (Lipinski definition) is 5. The van der Waals surface area contributed by atoms with E-state index >= 15 is 0 Å². The molecule has 0 radical (unpaired) electrons. The highest BCUT2D eigenvalue weighted by Crippen LogP contribution is 2.44. The van der Waals surface area contributed by atoms with Gasteiger partial charge in [0.15, 0.2) is 22.9 Å². The second-order valence-electron chi connectivity index (χ2n) is 9.05. The molecule has 0 spiro atoms. The second-order valence-corrected chi connectivity index (χ2v) is 9.49. The number of furan rings is 1. The monoisotopic (exact) mass is 479 g/mol. The van der Waals surface area contributed by atoms with Crippen LogP contribution in [0.15, 0.2) is 58.2 Å². The first-order valence-electron chi connectivity index (χ1n) is 11.5. The lowest BCUT2D eigenvalue weighted by Crippen LogP contribution is -2.41. The van der Waals surface area contributed by atoms with Gasteiger partial charge in [-0.3, -0.25) is 9.59 Å². The van der Waals surface area contributed by atoms with Gasteiger partial charge < -0.3 is 19.2 Å². The summed E-state index contributed by atoms with van der Waals surface area (Å²) in [6, 6.07) is 11.9. The van der Waals surface area contributed by atoms with Crippen LogP contribution in [0.1, 0.15) is 59.8 Å². The number of methoxy groups -OCH3 is 1. The van der Waals surface area contributed by atoms with Crippen molar-refractivity contribution in [3.05, 3.63) is 75.7 Å². The zero-order chi connectivity index (χ0) is 24.0.